The van der Waals surface area contributed by atoms with Gasteiger partial charge in [-0.1, -0.05) is 24.2 Å². The first kappa shape index (κ1) is 25.0. The zero-order chi connectivity index (χ0) is 24.9. The Bertz CT molecular complexity index is 1230. The van der Waals surface area contributed by atoms with Crippen LogP contribution >= 0.6 is 0 Å². The van der Waals surface area contributed by atoms with E-state index in [0.717, 1.165) is 16.1 Å². The van der Waals surface area contributed by atoms with Crippen molar-refractivity contribution in [1.29, 1.82) is 0 Å². The number of hydrogen-bond donors (Lipinski definition) is 0. The Morgan fingerprint density at radius 3 is 2.44 bits per heavy atom. The number of likely N-dealkylation sites (N-methyl/N-ethyl adjacent to an activating group) is 1. The fourth-order valence-corrected chi connectivity index (χ4v) is 3.63. The predicted octanol–water partition coefficient (Wildman–Crippen LogP) is 2.96. The number of aromatic nitrogens is 2. The molecule has 0 saturated heterocycles. The number of nitrogens with zero attached hydrogens (tertiary/aromatic N) is 4. The maximum Gasteiger partial charge on any atom is 0.263 e. The Hall–Kier alpha value is -3.60. The van der Waals surface area contributed by atoms with Crippen molar-refractivity contribution in [3.8, 4) is 22.9 Å². The average molecular weight is 489 g/mol. The molecule has 0 spiro atoms. The van der Waals surface area contributed by atoms with E-state index in [9.17, 15) is 13.2 Å². The van der Waals surface area contributed by atoms with E-state index < -0.39 is 16.1 Å². The summed E-state index contributed by atoms with van der Waals surface area (Å²) in [5.41, 5.74) is 1.23. The van der Waals surface area contributed by atoms with Gasteiger partial charge in [0.2, 0.25) is 21.7 Å². The number of benzene rings is 2. The van der Waals surface area contributed by atoms with Gasteiger partial charge in [0.1, 0.15) is 11.5 Å². The molecule has 182 valence electrons. The molecule has 0 aliphatic carbocycles. The van der Waals surface area contributed by atoms with Gasteiger partial charge in [0.05, 0.1) is 25.6 Å². The largest absolute Gasteiger partial charge is 0.497 e. The molecule has 1 aromatic heterocycles. The molecule has 0 unspecified atom stereocenters. The second-order valence-electron chi connectivity index (χ2n) is 7.68. The summed E-state index contributed by atoms with van der Waals surface area (Å²) in [6.07, 6.45) is 0.832. The van der Waals surface area contributed by atoms with E-state index in [1.54, 1.807) is 44.5 Å². The third kappa shape index (κ3) is 6.04. The Balaban J connectivity index is 1.64. The van der Waals surface area contributed by atoms with Crippen LogP contribution in [-0.4, -0.2) is 62.9 Å². The van der Waals surface area contributed by atoms with Crippen molar-refractivity contribution in [3.63, 3.8) is 0 Å². The lowest BCUT2D eigenvalue weighted by atomic mass is 10.2. The summed E-state index contributed by atoms with van der Waals surface area (Å²) in [6, 6.07) is 13.8. The van der Waals surface area contributed by atoms with Gasteiger partial charge in [-0.3, -0.25) is 9.10 Å². The van der Waals surface area contributed by atoms with Gasteiger partial charge in [-0.15, -0.1) is 0 Å². The summed E-state index contributed by atoms with van der Waals surface area (Å²) >= 11 is 0. The number of sulfonamides is 1. The first-order valence-electron chi connectivity index (χ1n) is 10.5. The monoisotopic (exact) mass is 488 g/mol. The molecular weight excluding hydrogens is 460 g/mol. The summed E-state index contributed by atoms with van der Waals surface area (Å²) in [6.45, 7) is 1.96. The van der Waals surface area contributed by atoms with Crippen molar-refractivity contribution >= 4 is 21.6 Å². The third-order valence-electron chi connectivity index (χ3n) is 5.17. The van der Waals surface area contributed by atoms with Gasteiger partial charge in [0.15, 0.2) is 6.10 Å². The maximum absolute atomic E-state index is 13.0. The smallest absolute Gasteiger partial charge is 0.263 e. The second-order valence-corrected chi connectivity index (χ2v) is 9.69. The molecule has 0 aliphatic rings. The number of amides is 1. The highest BCUT2D eigenvalue weighted by Crippen LogP contribution is 2.23. The van der Waals surface area contributed by atoms with Crippen molar-refractivity contribution < 1.29 is 27.2 Å². The Labute approximate surface area is 199 Å². The molecule has 10 nitrogen and oxygen atoms in total. The van der Waals surface area contributed by atoms with E-state index in [0.29, 0.717) is 29.4 Å². The molecule has 0 bridgehead atoms. The zero-order valence-electron chi connectivity index (χ0n) is 19.8. The minimum absolute atomic E-state index is 0.119. The Kier molecular flexibility index (Phi) is 7.77. The van der Waals surface area contributed by atoms with Crippen LogP contribution < -0.4 is 13.8 Å². The van der Waals surface area contributed by atoms with Crippen LogP contribution in [0.25, 0.3) is 11.4 Å². The van der Waals surface area contributed by atoms with Gasteiger partial charge in [-0.25, -0.2) is 8.42 Å². The van der Waals surface area contributed by atoms with Crippen molar-refractivity contribution in [2.24, 2.45) is 0 Å². The molecule has 3 aromatic rings. The van der Waals surface area contributed by atoms with E-state index in [1.165, 1.54) is 11.9 Å². The lowest BCUT2D eigenvalue weighted by Gasteiger charge is -2.23. The lowest BCUT2D eigenvalue weighted by Crippen LogP contribution is -2.39. The SMILES string of the molecule is CC[C@@H](Oc1ccc(N(C)S(C)(=O)=O)cc1)C(=O)N(C)Cc1nc(-c2cccc(OC)c2)no1. The van der Waals surface area contributed by atoms with Crippen LogP contribution in [0.15, 0.2) is 53.1 Å². The van der Waals surface area contributed by atoms with Gasteiger partial charge in [-0.2, -0.15) is 4.98 Å². The van der Waals surface area contributed by atoms with Gasteiger partial charge >= 0.3 is 0 Å². The molecule has 3 rings (SSSR count). The molecule has 1 atom stereocenters. The quantitative estimate of drug-likeness (QED) is 0.428. The normalized spacial score (nSPS) is 12.1. The molecule has 0 aliphatic heterocycles. The van der Waals surface area contributed by atoms with Gasteiger partial charge in [0.25, 0.3) is 5.91 Å². The summed E-state index contributed by atoms with van der Waals surface area (Å²) in [4.78, 5) is 18.8. The number of carbonyl (C=O) groups is 1. The molecule has 1 heterocycles. The van der Waals surface area contributed by atoms with Crippen LogP contribution in [-0.2, 0) is 21.4 Å². The first-order valence-corrected chi connectivity index (χ1v) is 12.4. The van der Waals surface area contributed by atoms with Crippen LogP contribution in [0.4, 0.5) is 5.69 Å². The molecule has 0 saturated carbocycles. The van der Waals surface area contributed by atoms with Crippen LogP contribution in [0.3, 0.4) is 0 Å². The number of carbonyl (C=O) groups excluding carboxylic acids is 1. The van der Waals surface area contributed by atoms with Crippen LogP contribution in [0.2, 0.25) is 0 Å². The van der Waals surface area contributed by atoms with E-state index in [2.05, 4.69) is 10.1 Å². The van der Waals surface area contributed by atoms with Crippen LogP contribution in [0.5, 0.6) is 11.5 Å². The number of ether oxygens (including phenoxy) is 2. The fraction of sp³-hybridized carbons (Fsp3) is 0.348. The Morgan fingerprint density at radius 1 is 1.12 bits per heavy atom. The minimum Gasteiger partial charge on any atom is -0.497 e. The lowest BCUT2D eigenvalue weighted by molar-refractivity contribution is -0.138. The zero-order valence-corrected chi connectivity index (χ0v) is 20.6. The number of anilines is 1. The topological polar surface area (TPSA) is 115 Å². The molecule has 0 N–H and O–H groups in total. The molecular formula is C23H28N4O6S. The highest BCUT2D eigenvalue weighted by Gasteiger charge is 2.24. The third-order valence-corrected chi connectivity index (χ3v) is 6.37. The Morgan fingerprint density at radius 2 is 1.82 bits per heavy atom. The molecule has 11 heteroatoms. The fourth-order valence-electron chi connectivity index (χ4n) is 3.12. The average Bonchev–Trinajstić information content (AvgIpc) is 3.30. The highest BCUT2D eigenvalue weighted by atomic mass is 32.2. The van der Waals surface area contributed by atoms with E-state index >= 15 is 0 Å². The van der Waals surface area contributed by atoms with E-state index in [-0.39, 0.29) is 18.3 Å². The van der Waals surface area contributed by atoms with Crippen molar-refractivity contribution in [3.05, 3.63) is 54.4 Å². The summed E-state index contributed by atoms with van der Waals surface area (Å²) < 4.78 is 40.9. The highest BCUT2D eigenvalue weighted by molar-refractivity contribution is 7.92. The maximum atomic E-state index is 13.0. The summed E-state index contributed by atoms with van der Waals surface area (Å²) in [7, 11) is 1.32. The first-order chi connectivity index (χ1) is 16.1. The summed E-state index contributed by atoms with van der Waals surface area (Å²) in [5.74, 6) is 1.57. The standard InChI is InChI=1S/C23H28N4O6S/c1-6-20(32-18-12-10-17(11-13-18)27(3)34(5,29)30)23(28)26(2)15-21-24-22(25-33-21)16-8-7-9-19(14-16)31-4/h7-14,20H,6,15H2,1-5H3/t20-/m1/s1. The van der Waals surface area contributed by atoms with E-state index in [1.807, 2.05) is 25.1 Å². The van der Waals surface area contributed by atoms with E-state index in [4.69, 9.17) is 14.0 Å². The number of rotatable bonds is 10. The van der Waals surface area contributed by atoms with Crippen LogP contribution in [0, 0.1) is 0 Å². The second kappa shape index (κ2) is 10.6. The predicted molar refractivity (Wildman–Crippen MR) is 127 cm³/mol. The molecule has 34 heavy (non-hydrogen) atoms. The van der Waals surface area contributed by atoms with Crippen molar-refractivity contribution in [2.75, 3.05) is 31.8 Å². The molecule has 0 fully saturated rings. The van der Waals surface area contributed by atoms with Crippen molar-refractivity contribution in [2.45, 2.75) is 26.0 Å². The molecule has 1 amide bonds. The van der Waals surface area contributed by atoms with Gasteiger partial charge < -0.3 is 18.9 Å². The molecule has 2 aromatic carbocycles. The van der Waals surface area contributed by atoms with Gasteiger partial charge in [0, 0.05) is 19.7 Å². The number of hydrogen-bond acceptors (Lipinski definition) is 8. The van der Waals surface area contributed by atoms with Crippen LogP contribution in [0.1, 0.15) is 19.2 Å². The van der Waals surface area contributed by atoms with Crippen molar-refractivity contribution in [1.82, 2.24) is 15.0 Å². The minimum atomic E-state index is -3.36. The van der Waals surface area contributed by atoms with Gasteiger partial charge in [-0.05, 0) is 42.8 Å². The molecule has 0 radical (unpaired) electrons. The summed E-state index contributed by atoms with van der Waals surface area (Å²) in [5, 5.41) is 3.99. The number of methoxy groups -OCH3 is 1.